The fourth-order valence-electron chi connectivity index (χ4n) is 1.49. The van der Waals surface area contributed by atoms with Gasteiger partial charge in [-0.25, -0.2) is 4.79 Å². The topological polar surface area (TPSA) is 46.0 Å². The van der Waals surface area contributed by atoms with E-state index in [-0.39, 0.29) is 5.97 Å². The molecule has 0 radical (unpaired) electrons. The van der Waals surface area contributed by atoms with Crippen LogP contribution in [0.1, 0.15) is 32.6 Å². The van der Waals surface area contributed by atoms with Crippen LogP contribution >= 0.6 is 0 Å². The average Bonchev–Trinajstić information content (AvgIpc) is 2.80. The van der Waals surface area contributed by atoms with Gasteiger partial charge in [-0.1, -0.05) is 6.58 Å². The molecule has 4 heteroatoms. The van der Waals surface area contributed by atoms with Crippen molar-refractivity contribution in [1.29, 1.82) is 0 Å². The minimum Gasteiger partial charge on any atom is -0.462 e. The molecule has 94 valence electrons. The van der Waals surface area contributed by atoms with Crippen molar-refractivity contribution in [3.8, 4) is 0 Å². The third-order valence-corrected chi connectivity index (χ3v) is 2.48. The monoisotopic (exact) mass is 237 g/mol. The number of carbonyl (C=O) groups is 1. The number of unbranched alkanes of at least 4 members (excludes halogenated alkanes) is 3. The van der Waals surface area contributed by atoms with Gasteiger partial charge in [0, 0.05) is 18.1 Å². The zero-order chi connectivity index (χ0) is 12.5. The minimum absolute atomic E-state index is 0.285. The number of aromatic amines is 1. The van der Waals surface area contributed by atoms with E-state index in [4.69, 9.17) is 4.74 Å². The summed E-state index contributed by atoms with van der Waals surface area (Å²) in [5.74, 6) is -0.285. The largest absolute Gasteiger partial charge is 0.462 e. The van der Waals surface area contributed by atoms with E-state index < -0.39 is 0 Å². The Bertz CT molecular complexity index is 344. The number of hydrogen-bond acceptors (Lipinski definition) is 2. The summed E-state index contributed by atoms with van der Waals surface area (Å²) in [6, 6.07) is 1.98. The third-order valence-electron chi connectivity index (χ3n) is 2.48. The van der Waals surface area contributed by atoms with Gasteiger partial charge in [0.1, 0.15) is 0 Å². The van der Waals surface area contributed by atoms with Crippen molar-refractivity contribution in [1.82, 2.24) is 5.10 Å². The van der Waals surface area contributed by atoms with Crippen molar-refractivity contribution in [2.45, 2.75) is 39.2 Å². The average molecular weight is 237 g/mol. The maximum atomic E-state index is 11.1. The lowest BCUT2D eigenvalue weighted by molar-refractivity contribution is -0.750. The molecule has 1 aromatic rings. The fraction of sp³-hybridized carbons (Fsp3) is 0.538. The van der Waals surface area contributed by atoms with Gasteiger partial charge < -0.3 is 4.74 Å². The molecule has 0 aliphatic carbocycles. The molecule has 0 atom stereocenters. The second kappa shape index (κ2) is 7.65. The molecule has 0 bridgehead atoms. The number of nitrogens with one attached hydrogen (secondary N) is 1. The van der Waals surface area contributed by atoms with E-state index in [9.17, 15) is 4.79 Å². The summed E-state index contributed by atoms with van der Waals surface area (Å²) in [7, 11) is 0. The first-order valence-electron chi connectivity index (χ1n) is 6.05. The highest BCUT2D eigenvalue weighted by Gasteiger charge is 2.02. The molecule has 1 N–H and O–H groups in total. The number of aryl methyl sites for hydroxylation is 1. The number of rotatable bonds is 8. The summed E-state index contributed by atoms with van der Waals surface area (Å²) in [6.07, 6.45) is 8.24. The molecular weight excluding hydrogens is 216 g/mol. The van der Waals surface area contributed by atoms with Gasteiger partial charge in [-0.15, -0.1) is 4.68 Å². The van der Waals surface area contributed by atoms with Crippen LogP contribution in [0.2, 0.25) is 0 Å². The van der Waals surface area contributed by atoms with E-state index in [0.29, 0.717) is 12.2 Å². The van der Waals surface area contributed by atoms with E-state index >= 15 is 0 Å². The molecule has 0 unspecified atom stereocenters. The number of carbonyl (C=O) groups excluding carboxylic acids is 1. The van der Waals surface area contributed by atoms with Crippen LogP contribution in [-0.4, -0.2) is 17.7 Å². The SMILES string of the molecule is C=C(C)C(=O)OCCCCCC[n+]1ccc[nH]1. The van der Waals surface area contributed by atoms with E-state index in [1.807, 2.05) is 18.5 Å². The summed E-state index contributed by atoms with van der Waals surface area (Å²) < 4.78 is 7.06. The van der Waals surface area contributed by atoms with Crippen LogP contribution in [0.4, 0.5) is 0 Å². The van der Waals surface area contributed by atoms with Crippen LogP contribution in [0, 0.1) is 0 Å². The Morgan fingerprint density at radius 2 is 2.12 bits per heavy atom. The Balaban J connectivity index is 1.91. The van der Waals surface area contributed by atoms with Gasteiger partial charge in [-0.2, -0.15) is 5.10 Å². The normalized spacial score (nSPS) is 10.2. The highest BCUT2D eigenvalue weighted by atomic mass is 16.5. The predicted molar refractivity (Wildman–Crippen MR) is 65.2 cm³/mol. The number of H-pyrrole nitrogens is 1. The van der Waals surface area contributed by atoms with Crippen molar-refractivity contribution in [3.05, 3.63) is 30.6 Å². The first-order valence-corrected chi connectivity index (χ1v) is 6.05. The highest BCUT2D eigenvalue weighted by Crippen LogP contribution is 2.01. The molecule has 17 heavy (non-hydrogen) atoms. The van der Waals surface area contributed by atoms with Gasteiger partial charge >= 0.3 is 5.97 Å². The molecule has 0 fully saturated rings. The van der Waals surface area contributed by atoms with Crippen molar-refractivity contribution in [2.75, 3.05) is 6.61 Å². The number of esters is 1. The molecule has 0 aliphatic rings. The lowest BCUT2D eigenvalue weighted by atomic mass is 10.2. The smallest absolute Gasteiger partial charge is 0.333 e. The molecule has 0 saturated heterocycles. The predicted octanol–water partition coefficient (Wildman–Crippen LogP) is 1.98. The quantitative estimate of drug-likeness (QED) is 0.325. The molecule has 0 aliphatic heterocycles. The van der Waals surface area contributed by atoms with Gasteiger partial charge in [0.15, 0.2) is 12.7 Å². The molecule has 1 heterocycles. The molecule has 4 nitrogen and oxygen atoms in total. The first kappa shape index (κ1) is 13.5. The fourth-order valence-corrected chi connectivity index (χ4v) is 1.49. The molecule has 0 amide bonds. The number of hydrogen-bond donors (Lipinski definition) is 1. The van der Waals surface area contributed by atoms with E-state index in [2.05, 4.69) is 16.4 Å². The Morgan fingerprint density at radius 3 is 2.76 bits per heavy atom. The van der Waals surface area contributed by atoms with Crippen LogP contribution in [0.5, 0.6) is 0 Å². The van der Waals surface area contributed by atoms with Crippen LogP contribution in [0.25, 0.3) is 0 Å². The molecular formula is C13H21N2O2+. The molecule has 0 spiro atoms. The van der Waals surface area contributed by atoms with Gasteiger partial charge in [-0.3, -0.25) is 0 Å². The van der Waals surface area contributed by atoms with Gasteiger partial charge in [0.05, 0.1) is 12.8 Å². The lowest BCUT2D eigenvalue weighted by Crippen LogP contribution is -2.34. The zero-order valence-corrected chi connectivity index (χ0v) is 10.4. The standard InChI is InChI=1S/C13H20N2O2/c1-12(2)13(16)17-11-6-4-3-5-9-15-10-7-8-14-15/h7-8,10H,1,3-6,9,11H2,2H3/p+1. The summed E-state index contributed by atoms with van der Waals surface area (Å²) in [5.41, 5.74) is 0.466. The van der Waals surface area contributed by atoms with Crippen molar-refractivity contribution in [3.63, 3.8) is 0 Å². The second-order valence-electron chi connectivity index (χ2n) is 4.16. The van der Waals surface area contributed by atoms with Crippen molar-refractivity contribution in [2.24, 2.45) is 0 Å². The molecule has 0 saturated carbocycles. The maximum Gasteiger partial charge on any atom is 0.333 e. The van der Waals surface area contributed by atoms with E-state index in [0.717, 1.165) is 32.2 Å². The molecule has 1 aromatic heterocycles. The van der Waals surface area contributed by atoms with Crippen LogP contribution in [0.3, 0.4) is 0 Å². The second-order valence-corrected chi connectivity index (χ2v) is 4.16. The molecule has 1 rings (SSSR count). The number of ether oxygens (including phenoxy) is 1. The maximum absolute atomic E-state index is 11.1. The van der Waals surface area contributed by atoms with E-state index in [1.54, 1.807) is 6.92 Å². The minimum atomic E-state index is -0.285. The third kappa shape index (κ3) is 5.90. The Labute approximate surface area is 102 Å². The Kier molecular flexibility index (Phi) is 6.07. The zero-order valence-electron chi connectivity index (χ0n) is 10.4. The summed E-state index contributed by atoms with van der Waals surface area (Å²) >= 11 is 0. The lowest BCUT2D eigenvalue weighted by Gasteiger charge is -2.03. The van der Waals surface area contributed by atoms with E-state index in [1.165, 1.54) is 0 Å². The van der Waals surface area contributed by atoms with Crippen LogP contribution in [0.15, 0.2) is 30.6 Å². The summed E-state index contributed by atoms with van der Waals surface area (Å²) in [6.45, 7) is 6.71. The highest BCUT2D eigenvalue weighted by molar-refractivity contribution is 5.86. The van der Waals surface area contributed by atoms with Gasteiger partial charge in [0.2, 0.25) is 0 Å². The summed E-state index contributed by atoms with van der Waals surface area (Å²) in [4.78, 5) is 11.1. The van der Waals surface area contributed by atoms with Gasteiger partial charge in [0.25, 0.3) is 0 Å². The van der Waals surface area contributed by atoms with Crippen molar-refractivity contribution >= 4 is 5.97 Å². The molecule has 0 aromatic carbocycles. The van der Waals surface area contributed by atoms with Crippen LogP contribution < -0.4 is 4.68 Å². The number of nitrogens with zero attached hydrogens (tertiary/aromatic N) is 1. The first-order chi connectivity index (χ1) is 8.20. The van der Waals surface area contributed by atoms with Crippen LogP contribution in [-0.2, 0) is 16.1 Å². The van der Waals surface area contributed by atoms with Crippen molar-refractivity contribution < 1.29 is 14.2 Å². The summed E-state index contributed by atoms with van der Waals surface area (Å²) in [5, 5.41) is 3.10. The van der Waals surface area contributed by atoms with Gasteiger partial charge in [-0.05, 0) is 26.2 Å². The Hall–Kier alpha value is -1.58. The Morgan fingerprint density at radius 1 is 1.35 bits per heavy atom. The number of aromatic nitrogens is 2.